The van der Waals surface area contributed by atoms with Gasteiger partial charge in [0, 0.05) is 5.39 Å². The lowest BCUT2D eigenvalue weighted by molar-refractivity contribution is -0.0373. The number of hydrogen-bond donors (Lipinski definition) is 2. The molecule has 0 saturated heterocycles. The molecule has 2 rings (SSSR count). The van der Waals surface area contributed by atoms with E-state index in [0.717, 1.165) is 0 Å². The van der Waals surface area contributed by atoms with Gasteiger partial charge in [-0.1, -0.05) is 12.1 Å². The van der Waals surface area contributed by atoms with E-state index >= 15 is 0 Å². The third kappa shape index (κ3) is 2.83. The van der Waals surface area contributed by atoms with Gasteiger partial charge in [0.05, 0.1) is 12.1 Å². The lowest BCUT2D eigenvalue weighted by Crippen LogP contribution is -2.31. The Kier molecular flexibility index (Phi) is 3.58. The minimum atomic E-state index is -3.21. The predicted molar refractivity (Wildman–Crippen MR) is 65.1 cm³/mol. The van der Waals surface area contributed by atoms with Crippen molar-refractivity contribution in [2.75, 3.05) is 18.5 Å². The maximum absolute atomic E-state index is 13.0. The minimum absolute atomic E-state index is 0.0245. The van der Waals surface area contributed by atoms with Crippen molar-refractivity contribution in [3.8, 4) is 0 Å². The van der Waals surface area contributed by atoms with Crippen LogP contribution in [-0.4, -0.2) is 34.1 Å². The van der Waals surface area contributed by atoms with Crippen molar-refractivity contribution in [2.45, 2.75) is 5.92 Å². The van der Waals surface area contributed by atoms with Crippen molar-refractivity contribution in [2.24, 2.45) is 0 Å². The summed E-state index contributed by atoms with van der Waals surface area (Å²) in [6.07, 6.45) is 0. The van der Waals surface area contributed by atoms with Gasteiger partial charge in [-0.05, 0) is 23.7 Å². The first-order valence-electron chi connectivity index (χ1n) is 5.17. The predicted octanol–water partition coefficient (Wildman–Crippen LogP) is 2.32. The number of nitrogens with zero attached hydrogens (tertiary/aromatic N) is 2. The van der Waals surface area contributed by atoms with Gasteiger partial charge >= 0.3 is 0 Å². The Labute approximate surface area is 107 Å². The summed E-state index contributed by atoms with van der Waals surface area (Å²) in [7, 11) is 0. The Morgan fingerprint density at radius 1 is 1.28 bits per heavy atom. The number of halogens is 3. The van der Waals surface area contributed by atoms with Crippen LogP contribution in [0.25, 0.3) is 10.9 Å². The van der Waals surface area contributed by atoms with Gasteiger partial charge in [-0.25, -0.2) is 18.7 Å². The fourth-order valence-corrected chi connectivity index (χ4v) is 1.63. The molecule has 0 unspecified atom stereocenters. The molecule has 7 heteroatoms. The molecule has 0 bridgehead atoms. The zero-order chi connectivity index (χ0) is 13.2. The van der Waals surface area contributed by atoms with E-state index in [4.69, 9.17) is 16.7 Å². The van der Waals surface area contributed by atoms with Gasteiger partial charge in [0.25, 0.3) is 5.92 Å². The van der Waals surface area contributed by atoms with Crippen molar-refractivity contribution in [3.63, 3.8) is 0 Å². The number of aliphatic hydroxyl groups excluding tert-OH is 1. The summed E-state index contributed by atoms with van der Waals surface area (Å²) < 4.78 is 25.9. The van der Waals surface area contributed by atoms with Crippen LogP contribution in [0.2, 0.25) is 5.28 Å². The van der Waals surface area contributed by atoms with Gasteiger partial charge in [-0.2, -0.15) is 0 Å². The molecular formula is C11H10ClF2N3O. The van der Waals surface area contributed by atoms with E-state index in [0.29, 0.717) is 10.9 Å². The van der Waals surface area contributed by atoms with E-state index in [1.54, 1.807) is 24.3 Å². The highest BCUT2D eigenvalue weighted by atomic mass is 35.5. The Morgan fingerprint density at radius 3 is 2.72 bits per heavy atom. The molecule has 0 spiro atoms. The highest BCUT2D eigenvalue weighted by Gasteiger charge is 2.27. The maximum Gasteiger partial charge on any atom is 0.287 e. The fourth-order valence-electron chi connectivity index (χ4n) is 1.45. The van der Waals surface area contributed by atoms with Gasteiger partial charge in [0.15, 0.2) is 0 Å². The van der Waals surface area contributed by atoms with Crippen molar-refractivity contribution in [1.82, 2.24) is 9.97 Å². The summed E-state index contributed by atoms with van der Waals surface area (Å²) in [5, 5.41) is 11.5. The first-order chi connectivity index (χ1) is 8.52. The Hall–Kier alpha value is -1.53. The molecule has 1 heterocycles. The van der Waals surface area contributed by atoms with E-state index in [1.807, 2.05) is 0 Å². The number of nitrogens with one attached hydrogen (secondary N) is 1. The maximum atomic E-state index is 13.0. The van der Waals surface area contributed by atoms with Crippen LogP contribution in [0.15, 0.2) is 24.3 Å². The molecular weight excluding hydrogens is 264 g/mol. The Bertz CT molecular complexity index is 565. The molecule has 18 heavy (non-hydrogen) atoms. The molecule has 0 amide bonds. The highest BCUT2D eigenvalue weighted by Crippen LogP contribution is 2.23. The first kappa shape index (κ1) is 12.9. The van der Waals surface area contributed by atoms with Crippen molar-refractivity contribution in [1.29, 1.82) is 0 Å². The normalized spacial score (nSPS) is 11.8. The van der Waals surface area contributed by atoms with E-state index in [9.17, 15) is 8.78 Å². The zero-order valence-corrected chi connectivity index (χ0v) is 9.96. The van der Waals surface area contributed by atoms with Gasteiger partial charge in [0.2, 0.25) is 5.28 Å². The average molecular weight is 274 g/mol. The van der Waals surface area contributed by atoms with Crippen LogP contribution in [0.5, 0.6) is 0 Å². The van der Waals surface area contributed by atoms with E-state index in [1.165, 1.54) is 0 Å². The van der Waals surface area contributed by atoms with Gasteiger partial charge in [-0.15, -0.1) is 0 Å². The SMILES string of the molecule is OCC(F)(F)CNc1nc(Cl)nc2ccccc12. The summed E-state index contributed by atoms with van der Waals surface area (Å²) >= 11 is 5.71. The smallest absolute Gasteiger partial charge is 0.287 e. The van der Waals surface area contributed by atoms with Crippen LogP contribution >= 0.6 is 11.6 Å². The first-order valence-corrected chi connectivity index (χ1v) is 5.54. The number of rotatable bonds is 4. The number of benzene rings is 1. The number of anilines is 1. The molecule has 1 aromatic heterocycles. The third-order valence-electron chi connectivity index (χ3n) is 2.32. The average Bonchev–Trinajstić information content (AvgIpc) is 2.36. The van der Waals surface area contributed by atoms with Crippen LogP contribution < -0.4 is 5.32 Å². The van der Waals surface area contributed by atoms with E-state index in [-0.39, 0.29) is 11.1 Å². The van der Waals surface area contributed by atoms with Crippen molar-refractivity contribution < 1.29 is 13.9 Å². The third-order valence-corrected chi connectivity index (χ3v) is 2.49. The molecule has 0 fully saturated rings. The summed E-state index contributed by atoms with van der Waals surface area (Å²) in [5.74, 6) is -2.99. The van der Waals surface area contributed by atoms with E-state index < -0.39 is 19.1 Å². The summed E-state index contributed by atoms with van der Waals surface area (Å²) in [5.41, 5.74) is 0.562. The van der Waals surface area contributed by atoms with Crippen LogP contribution in [0, 0.1) is 0 Å². The molecule has 0 saturated carbocycles. The van der Waals surface area contributed by atoms with Gasteiger partial charge < -0.3 is 10.4 Å². The quantitative estimate of drug-likeness (QED) is 0.840. The topological polar surface area (TPSA) is 58.0 Å². The number of para-hydroxylation sites is 1. The largest absolute Gasteiger partial charge is 0.390 e. The molecule has 96 valence electrons. The van der Waals surface area contributed by atoms with E-state index in [2.05, 4.69) is 15.3 Å². The summed E-state index contributed by atoms with van der Waals surface area (Å²) in [6, 6.07) is 6.91. The van der Waals surface area contributed by atoms with Crippen molar-refractivity contribution in [3.05, 3.63) is 29.5 Å². The summed E-state index contributed by atoms with van der Waals surface area (Å²) in [4.78, 5) is 7.85. The van der Waals surface area contributed by atoms with Gasteiger partial charge in [0.1, 0.15) is 12.4 Å². The molecule has 2 N–H and O–H groups in total. The van der Waals surface area contributed by atoms with Gasteiger partial charge in [-0.3, -0.25) is 0 Å². The molecule has 0 aliphatic heterocycles. The zero-order valence-electron chi connectivity index (χ0n) is 9.20. The fraction of sp³-hybridized carbons (Fsp3) is 0.273. The standard InChI is InChI=1S/C11H10ClF2N3O/c12-10-16-8-4-2-1-3-7(8)9(17-10)15-5-11(13,14)6-18/h1-4,18H,5-6H2,(H,15,16,17). The number of aromatic nitrogens is 2. The molecule has 4 nitrogen and oxygen atoms in total. The second kappa shape index (κ2) is 4.99. The number of hydrogen-bond acceptors (Lipinski definition) is 4. The monoisotopic (exact) mass is 273 g/mol. The highest BCUT2D eigenvalue weighted by molar-refractivity contribution is 6.28. The summed E-state index contributed by atoms with van der Waals surface area (Å²) in [6.45, 7) is -1.95. The Balaban J connectivity index is 2.33. The molecule has 2 aromatic rings. The lowest BCUT2D eigenvalue weighted by atomic mass is 10.2. The molecule has 0 atom stereocenters. The van der Waals surface area contributed by atoms with Crippen LogP contribution in [0.1, 0.15) is 0 Å². The van der Waals surface area contributed by atoms with Crippen molar-refractivity contribution >= 4 is 28.3 Å². The van der Waals surface area contributed by atoms with Crippen LogP contribution in [0.4, 0.5) is 14.6 Å². The molecule has 0 aliphatic rings. The number of fused-ring (bicyclic) bond motifs is 1. The number of alkyl halides is 2. The molecule has 0 radical (unpaired) electrons. The minimum Gasteiger partial charge on any atom is -0.390 e. The lowest BCUT2D eigenvalue weighted by Gasteiger charge is -2.15. The second-order valence-corrected chi connectivity index (χ2v) is 4.06. The molecule has 0 aliphatic carbocycles. The Morgan fingerprint density at radius 2 is 2.00 bits per heavy atom. The second-order valence-electron chi connectivity index (χ2n) is 3.73. The van der Waals surface area contributed by atoms with Crippen LogP contribution in [-0.2, 0) is 0 Å². The molecule has 1 aromatic carbocycles. The number of aliphatic hydroxyl groups is 1. The van der Waals surface area contributed by atoms with Crippen LogP contribution in [0.3, 0.4) is 0 Å².